The topological polar surface area (TPSA) is 103 Å². The van der Waals surface area contributed by atoms with Gasteiger partial charge in [0.15, 0.2) is 17.0 Å². The molecule has 1 aliphatic carbocycles. The quantitative estimate of drug-likeness (QED) is 0.300. The van der Waals surface area contributed by atoms with Crippen molar-refractivity contribution in [1.29, 1.82) is 0 Å². The second kappa shape index (κ2) is 12.6. The molecule has 4 N–H and O–H groups in total. The molecule has 1 fully saturated rings. The fraction of sp³-hybridized carbons (Fsp3) is 0.522. The van der Waals surface area contributed by atoms with Crippen LogP contribution < -0.4 is 21.1 Å². The SMILES string of the molecule is CCC(CC)n1cnc2c(Nc3ccc(OC(F)(F)F)cc3)nc(N[C@H]3CC[C@H](N)CC3)nc21.Cl.Cl. The van der Waals surface area contributed by atoms with Crippen molar-refractivity contribution in [2.45, 2.75) is 76.9 Å². The fourth-order valence-corrected chi connectivity index (χ4v) is 4.34. The Kier molecular flexibility index (Phi) is 10.4. The molecule has 200 valence electrons. The summed E-state index contributed by atoms with van der Waals surface area (Å²) in [7, 11) is 0. The van der Waals surface area contributed by atoms with Crippen LogP contribution in [0.5, 0.6) is 5.75 Å². The van der Waals surface area contributed by atoms with Crippen LogP contribution in [0.2, 0.25) is 0 Å². The summed E-state index contributed by atoms with van der Waals surface area (Å²) in [6, 6.07) is 6.22. The Labute approximate surface area is 220 Å². The highest BCUT2D eigenvalue weighted by Gasteiger charge is 2.31. The van der Waals surface area contributed by atoms with Crippen molar-refractivity contribution < 1.29 is 17.9 Å². The Hall–Kier alpha value is -2.50. The van der Waals surface area contributed by atoms with Gasteiger partial charge in [0.2, 0.25) is 5.95 Å². The van der Waals surface area contributed by atoms with Crippen LogP contribution >= 0.6 is 24.8 Å². The predicted molar refractivity (Wildman–Crippen MR) is 140 cm³/mol. The molecule has 1 aromatic carbocycles. The van der Waals surface area contributed by atoms with Crippen molar-refractivity contribution in [1.82, 2.24) is 19.5 Å². The summed E-state index contributed by atoms with van der Waals surface area (Å²) in [6.45, 7) is 4.24. The molecule has 0 spiro atoms. The van der Waals surface area contributed by atoms with E-state index in [-0.39, 0.29) is 48.7 Å². The van der Waals surface area contributed by atoms with Gasteiger partial charge < -0.3 is 25.7 Å². The van der Waals surface area contributed by atoms with E-state index in [1.807, 2.05) is 0 Å². The third kappa shape index (κ3) is 7.27. The van der Waals surface area contributed by atoms with Gasteiger partial charge in [-0.15, -0.1) is 38.0 Å². The third-order valence-corrected chi connectivity index (χ3v) is 6.21. The molecule has 13 heteroatoms. The first-order valence-corrected chi connectivity index (χ1v) is 11.6. The van der Waals surface area contributed by atoms with Gasteiger partial charge in [0.25, 0.3) is 0 Å². The summed E-state index contributed by atoms with van der Waals surface area (Å²) >= 11 is 0. The Balaban J connectivity index is 0.00000228. The molecule has 0 radical (unpaired) electrons. The number of halogens is 5. The van der Waals surface area contributed by atoms with E-state index in [1.165, 1.54) is 24.3 Å². The van der Waals surface area contributed by atoms with Crippen LogP contribution in [-0.4, -0.2) is 38.0 Å². The molecule has 0 atom stereocenters. The first kappa shape index (κ1) is 29.7. The minimum atomic E-state index is -4.74. The number of nitrogens with one attached hydrogen (secondary N) is 2. The number of alkyl halides is 3. The smallest absolute Gasteiger partial charge is 0.406 e. The number of anilines is 3. The van der Waals surface area contributed by atoms with E-state index in [0.717, 1.165) is 38.5 Å². The molecule has 1 saturated carbocycles. The van der Waals surface area contributed by atoms with Crippen LogP contribution in [0.1, 0.15) is 58.4 Å². The monoisotopic (exact) mass is 549 g/mol. The molecule has 0 bridgehead atoms. The zero-order valence-corrected chi connectivity index (χ0v) is 21.7. The molecular weight excluding hydrogens is 518 g/mol. The number of imidazole rings is 1. The molecule has 1 aliphatic rings. The maximum Gasteiger partial charge on any atom is 0.573 e. The summed E-state index contributed by atoms with van der Waals surface area (Å²) in [5.74, 6) is 0.677. The first-order valence-electron chi connectivity index (χ1n) is 11.6. The number of rotatable bonds is 8. The Morgan fingerprint density at radius 2 is 1.69 bits per heavy atom. The average Bonchev–Trinajstić information content (AvgIpc) is 3.21. The van der Waals surface area contributed by atoms with Crippen LogP contribution in [0.3, 0.4) is 0 Å². The van der Waals surface area contributed by atoms with Gasteiger partial charge in [-0.1, -0.05) is 13.8 Å². The lowest BCUT2D eigenvalue weighted by atomic mass is 9.92. The number of benzene rings is 1. The van der Waals surface area contributed by atoms with E-state index in [0.29, 0.717) is 28.6 Å². The molecule has 0 amide bonds. The number of hydrogen-bond donors (Lipinski definition) is 3. The summed E-state index contributed by atoms with van der Waals surface area (Å²) in [4.78, 5) is 14.0. The first-order chi connectivity index (χ1) is 16.3. The van der Waals surface area contributed by atoms with E-state index in [9.17, 15) is 13.2 Å². The molecule has 0 unspecified atom stereocenters. The lowest BCUT2D eigenvalue weighted by molar-refractivity contribution is -0.274. The van der Waals surface area contributed by atoms with E-state index in [1.54, 1.807) is 6.33 Å². The molecule has 4 rings (SSSR count). The Morgan fingerprint density at radius 3 is 2.28 bits per heavy atom. The molecule has 2 heterocycles. The minimum Gasteiger partial charge on any atom is -0.406 e. The zero-order valence-electron chi connectivity index (χ0n) is 20.1. The van der Waals surface area contributed by atoms with Gasteiger partial charge in [0, 0.05) is 23.8 Å². The predicted octanol–water partition coefficient (Wildman–Crippen LogP) is 6.36. The van der Waals surface area contributed by atoms with Crippen LogP contribution in [-0.2, 0) is 0 Å². The van der Waals surface area contributed by atoms with Crippen molar-refractivity contribution >= 4 is 53.4 Å². The largest absolute Gasteiger partial charge is 0.573 e. The number of ether oxygens (including phenoxy) is 1. The highest BCUT2D eigenvalue weighted by atomic mass is 35.5. The normalized spacial score (nSPS) is 17.9. The van der Waals surface area contributed by atoms with Crippen molar-refractivity contribution in [2.24, 2.45) is 5.73 Å². The van der Waals surface area contributed by atoms with Gasteiger partial charge in [-0.25, -0.2) is 4.98 Å². The summed E-state index contributed by atoms with van der Waals surface area (Å²) < 4.78 is 43.4. The Bertz CT molecular complexity index is 1100. The average molecular weight is 550 g/mol. The van der Waals surface area contributed by atoms with E-state index in [2.05, 4.69) is 43.8 Å². The van der Waals surface area contributed by atoms with Gasteiger partial charge >= 0.3 is 6.36 Å². The lowest BCUT2D eigenvalue weighted by Crippen LogP contribution is -2.33. The van der Waals surface area contributed by atoms with Crippen molar-refractivity contribution in [2.75, 3.05) is 10.6 Å². The second-order valence-electron chi connectivity index (χ2n) is 8.64. The molecule has 36 heavy (non-hydrogen) atoms. The van der Waals surface area contributed by atoms with Crippen molar-refractivity contribution in [3.8, 4) is 5.75 Å². The summed E-state index contributed by atoms with van der Waals surface area (Å²) in [5.41, 5.74) is 7.90. The van der Waals surface area contributed by atoms with Crippen molar-refractivity contribution in [3.05, 3.63) is 30.6 Å². The third-order valence-electron chi connectivity index (χ3n) is 6.21. The molecule has 0 saturated heterocycles. The number of aromatic nitrogens is 4. The van der Waals surface area contributed by atoms with E-state index < -0.39 is 6.36 Å². The van der Waals surface area contributed by atoms with Crippen LogP contribution in [0.4, 0.5) is 30.6 Å². The number of fused-ring (bicyclic) bond motifs is 1. The van der Waals surface area contributed by atoms with Gasteiger partial charge in [-0.2, -0.15) is 9.97 Å². The van der Waals surface area contributed by atoms with Gasteiger partial charge in [0.05, 0.1) is 6.33 Å². The summed E-state index contributed by atoms with van der Waals surface area (Å²) in [5, 5.41) is 6.63. The van der Waals surface area contributed by atoms with Gasteiger partial charge in [-0.3, -0.25) is 0 Å². The van der Waals surface area contributed by atoms with Crippen LogP contribution in [0.15, 0.2) is 30.6 Å². The number of hydrogen-bond acceptors (Lipinski definition) is 7. The second-order valence-corrected chi connectivity index (χ2v) is 8.64. The lowest BCUT2D eigenvalue weighted by Gasteiger charge is -2.27. The number of nitrogens with zero attached hydrogens (tertiary/aromatic N) is 4. The summed E-state index contributed by atoms with van der Waals surface area (Å²) in [6.07, 6.45) is 2.67. The molecule has 0 aliphatic heterocycles. The maximum atomic E-state index is 12.5. The van der Waals surface area contributed by atoms with E-state index in [4.69, 9.17) is 10.7 Å². The van der Waals surface area contributed by atoms with Crippen LogP contribution in [0.25, 0.3) is 11.2 Å². The molecule has 8 nitrogen and oxygen atoms in total. The minimum absolute atomic E-state index is 0. The van der Waals surface area contributed by atoms with Gasteiger partial charge in [-0.05, 0) is 62.8 Å². The Morgan fingerprint density at radius 1 is 1.06 bits per heavy atom. The van der Waals surface area contributed by atoms with Gasteiger partial charge in [0.1, 0.15) is 5.75 Å². The fourth-order valence-electron chi connectivity index (χ4n) is 4.34. The maximum absolute atomic E-state index is 12.5. The highest BCUT2D eigenvalue weighted by Crippen LogP contribution is 2.30. The molecule has 2 aromatic heterocycles. The standard InChI is InChI=1S/C23H30F3N7O.2ClH/c1-3-17(4-2)33-13-28-19-20(29-15-9-11-18(12-10-15)34-23(24,25)26)31-22(32-21(19)33)30-16-7-5-14(27)6-8-16;;/h9-14,16-17H,3-8,27H2,1-2H3,(H2,29,30,31,32);2*1H/t14-,16-;;. The molecule has 3 aromatic rings. The van der Waals surface area contributed by atoms with Crippen LogP contribution in [0, 0.1) is 0 Å². The van der Waals surface area contributed by atoms with Crippen molar-refractivity contribution in [3.63, 3.8) is 0 Å². The molecular formula is C23H32Cl2F3N7O. The highest BCUT2D eigenvalue weighted by molar-refractivity contribution is 5.87. The van der Waals surface area contributed by atoms with E-state index >= 15 is 0 Å². The zero-order chi connectivity index (χ0) is 24.3. The number of nitrogens with two attached hydrogens (primary N) is 1.